The molecular formula is C25H24F3N3O2. The molecule has 1 fully saturated rings. The van der Waals surface area contributed by atoms with Crippen molar-refractivity contribution in [3.8, 4) is 17.6 Å². The van der Waals surface area contributed by atoms with Crippen LogP contribution in [-0.4, -0.2) is 37.1 Å². The zero-order chi connectivity index (χ0) is 23.6. The first-order valence-electron chi connectivity index (χ1n) is 10.7. The highest BCUT2D eigenvalue weighted by Crippen LogP contribution is 2.48. The molecule has 0 saturated heterocycles. The number of nitrogens with two attached hydrogens (primary N) is 1. The van der Waals surface area contributed by atoms with Crippen LogP contribution in [0.25, 0.3) is 0 Å². The fourth-order valence-corrected chi connectivity index (χ4v) is 4.02. The summed E-state index contributed by atoms with van der Waals surface area (Å²) in [5.41, 5.74) is 6.94. The van der Waals surface area contributed by atoms with E-state index in [0.717, 1.165) is 12.8 Å². The van der Waals surface area contributed by atoms with Gasteiger partial charge in [0, 0.05) is 19.0 Å². The molecule has 2 aliphatic rings. The number of rotatable bonds is 7. The number of alkyl halides is 3. The van der Waals surface area contributed by atoms with Gasteiger partial charge in [-0.3, -0.25) is 14.1 Å². The zero-order valence-corrected chi connectivity index (χ0v) is 18.2. The fourth-order valence-electron chi connectivity index (χ4n) is 4.02. The third-order valence-corrected chi connectivity index (χ3v) is 5.85. The highest BCUT2D eigenvalue weighted by molar-refractivity contribution is 6.09. The van der Waals surface area contributed by atoms with Gasteiger partial charge in [0.1, 0.15) is 5.75 Å². The molecule has 172 valence electrons. The molecule has 2 aromatic carbocycles. The topological polar surface area (TPSA) is 67.9 Å². The van der Waals surface area contributed by atoms with Crippen LogP contribution < -0.4 is 10.5 Å². The number of hydrogen-bond acceptors (Lipinski definition) is 4. The van der Waals surface area contributed by atoms with Crippen molar-refractivity contribution in [1.29, 1.82) is 0 Å². The second-order valence-electron chi connectivity index (χ2n) is 8.13. The summed E-state index contributed by atoms with van der Waals surface area (Å²) < 4.78 is 42.9. The summed E-state index contributed by atoms with van der Waals surface area (Å²) in [5.74, 6) is 5.82. The molecule has 0 spiro atoms. The largest absolute Gasteiger partial charge is 0.435 e. The van der Waals surface area contributed by atoms with E-state index in [1.54, 1.807) is 43.4 Å². The summed E-state index contributed by atoms with van der Waals surface area (Å²) in [4.78, 5) is 19.4. The average molecular weight is 455 g/mol. The second-order valence-corrected chi connectivity index (χ2v) is 8.13. The number of ether oxygens (including phenoxy) is 1. The number of unbranched alkanes of at least 4 members (excludes halogenated alkanes) is 1. The summed E-state index contributed by atoms with van der Waals surface area (Å²) in [6.07, 6.45) is 2.51. The summed E-state index contributed by atoms with van der Waals surface area (Å²) >= 11 is 0. The molecule has 8 heteroatoms. The van der Waals surface area contributed by atoms with Gasteiger partial charge in [-0.05, 0) is 66.1 Å². The average Bonchev–Trinajstić information content (AvgIpc) is 3.61. The molecule has 2 N–H and O–H groups in total. The lowest BCUT2D eigenvalue weighted by atomic mass is 9.81. The van der Waals surface area contributed by atoms with E-state index in [9.17, 15) is 18.0 Å². The summed E-state index contributed by atoms with van der Waals surface area (Å²) in [6.45, 7) is -3.37. The van der Waals surface area contributed by atoms with Gasteiger partial charge in [0.15, 0.2) is 11.5 Å². The molecule has 0 aromatic heterocycles. The minimum Gasteiger partial charge on any atom is -0.435 e. The molecule has 1 atom stereocenters. The second kappa shape index (κ2) is 9.18. The predicted molar refractivity (Wildman–Crippen MR) is 119 cm³/mol. The third kappa shape index (κ3) is 4.40. The van der Waals surface area contributed by atoms with Gasteiger partial charge < -0.3 is 10.5 Å². The Morgan fingerprint density at radius 1 is 1.24 bits per heavy atom. The van der Waals surface area contributed by atoms with Crippen molar-refractivity contribution >= 4 is 11.9 Å². The Bertz CT molecular complexity index is 1150. The maximum atomic E-state index is 13.5. The molecule has 33 heavy (non-hydrogen) atoms. The van der Waals surface area contributed by atoms with Crippen molar-refractivity contribution in [3.63, 3.8) is 0 Å². The summed E-state index contributed by atoms with van der Waals surface area (Å²) in [5, 5.41) is 0. The SMILES string of the molecule is CN1C(=O)C(c2cccc(C#CCCCF)c2)(c2ccc(OC(F)F)c(C3CC3)c2)N=C1N. The first-order chi connectivity index (χ1) is 15.9. The van der Waals surface area contributed by atoms with Crippen LogP contribution >= 0.6 is 0 Å². The van der Waals surface area contributed by atoms with Gasteiger partial charge in [0.2, 0.25) is 0 Å². The standard InChI is InChI=1S/C25H24F3N3O2/c1-31-22(32)25(30-24(31)29,18-8-5-7-16(14-18)6-3-2-4-13-26)19-11-12-21(33-23(27)28)20(15-19)17-9-10-17/h5,7-8,11-12,14-15,17,23H,2,4,9-10,13H2,1H3,(H2,29,30). The van der Waals surface area contributed by atoms with Crippen LogP contribution in [0.15, 0.2) is 47.5 Å². The summed E-state index contributed by atoms with van der Waals surface area (Å²) in [6, 6.07) is 11.9. The number of likely N-dealkylation sites (N-methyl/N-ethyl adjacent to an activating group) is 1. The van der Waals surface area contributed by atoms with E-state index in [1.807, 2.05) is 0 Å². The predicted octanol–water partition coefficient (Wildman–Crippen LogP) is 4.30. The quantitative estimate of drug-likeness (QED) is 0.500. The van der Waals surface area contributed by atoms with Crippen molar-refractivity contribution in [3.05, 3.63) is 64.7 Å². The van der Waals surface area contributed by atoms with E-state index in [0.29, 0.717) is 35.1 Å². The Morgan fingerprint density at radius 3 is 2.64 bits per heavy atom. The lowest BCUT2D eigenvalue weighted by Gasteiger charge is -2.27. The van der Waals surface area contributed by atoms with E-state index in [2.05, 4.69) is 16.8 Å². The van der Waals surface area contributed by atoms with Crippen molar-refractivity contribution in [2.45, 2.75) is 43.8 Å². The smallest absolute Gasteiger partial charge is 0.387 e. The van der Waals surface area contributed by atoms with E-state index in [1.165, 1.54) is 11.0 Å². The number of nitrogens with zero attached hydrogens (tertiary/aromatic N) is 2. The van der Waals surface area contributed by atoms with Crippen molar-refractivity contribution < 1.29 is 22.7 Å². The normalized spacial score (nSPS) is 20.0. The number of guanidine groups is 1. The number of aliphatic imine (C=N–C) groups is 1. The van der Waals surface area contributed by atoms with Gasteiger partial charge in [-0.25, -0.2) is 4.99 Å². The highest BCUT2D eigenvalue weighted by Gasteiger charge is 2.50. The first kappa shape index (κ1) is 22.7. The van der Waals surface area contributed by atoms with Gasteiger partial charge in [0.25, 0.3) is 5.91 Å². The molecule has 1 amide bonds. The van der Waals surface area contributed by atoms with Crippen LogP contribution in [0.3, 0.4) is 0 Å². The van der Waals surface area contributed by atoms with Gasteiger partial charge in [-0.1, -0.05) is 30.0 Å². The molecule has 1 saturated carbocycles. The van der Waals surface area contributed by atoms with Crippen molar-refractivity contribution in [2.75, 3.05) is 13.7 Å². The molecule has 5 nitrogen and oxygen atoms in total. The van der Waals surface area contributed by atoms with Gasteiger partial charge in [-0.15, -0.1) is 0 Å². The van der Waals surface area contributed by atoms with Crippen LogP contribution in [0, 0.1) is 11.8 Å². The van der Waals surface area contributed by atoms with Gasteiger partial charge in [0.05, 0.1) is 6.67 Å². The Hall–Kier alpha value is -3.47. The molecule has 2 aromatic rings. The Labute approximate surface area is 190 Å². The van der Waals surface area contributed by atoms with Crippen LogP contribution in [0.1, 0.15) is 53.9 Å². The van der Waals surface area contributed by atoms with E-state index < -0.39 is 18.8 Å². The fraction of sp³-hybridized carbons (Fsp3) is 0.360. The summed E-state index contributed by atoms with van der Waals surface area (Å²) in [7, 11) is 1.54. The number of amides is 1. The third-order valence-electron chi connectivity index (χ3n) is 5.85. The highest BCUT2D eigenvalue weighted by atomic mass is 19.3. The van der Waals surface area contributed by atoms with Gasteiger partial charge in [-0.2, -0.15) is 8.78 Å². The maximum Gasteiger partial charge on any atom is 0.387 e. The molecule has 1 aliphatic heterocycles. The maximum absolute atomic E-state index is 13.5. The first-order valence-corrected chi connectivity index (χ1v) is 10.7. The van der Waals surface area contributed by atoms with Crippen LogP contribution in [0.2, 0.25) is 0 Å². The van der Waals surface area contributed by atoms with Crippen molar-refractivity contribution in [1.82, 2.24) is 4.90 Å². The number of carbonyl (C=O) groups excluding carboxylic acids is 1. The lowest BCUT2D eigenvalue weighted by Crippen LogP contribution is -2.41. The number of carbonyl (C=O) groups is 1. The lowest BCUT2D eigenvalue weighted by molar-refractivity contribution is -0.129. The number of benzene rings is 2. The minimum atomic E-state index is -2.94. The Kier molecular flexibility index (Phi) is 6.32. The molecule has 0 radical (unpaired) electrons. The zero-order valence-electron chi connectivity index (χ0n) is 18.2. The molecule has 1 unspecified atom stereocenters. The van der Waals surface area contributed by atoms with E-state index in [4.69, 9.17) is 10.5 Å². The molecule has 0 bridgehead atoms. The monoisotopic (exact) mass is 455 g/mol. The van der Waals surface area contributed by atoms with Gasteiger partial charge >= 0.3 is 6.61 Å². The minimum absolute atomic E-state index is 0.0558. The number of halogens is 3. The molecule has 1 heterocycles. The Morgan fingerprint density at radius 2 is 2.00 bits per heavy atom. The van der Waals surface area contributed by atoms with Crippen molar-refractivity contribution in [2.24, 2.45) is 10.7 Å². The van der Waals surface area contributed by atoms with E-state index in [-0.39, 0.29) is 23.5 Å². The Balaban J connectivity index is 1.83. The van der Waals surface area contributed by atoms with E-state index >= 15 is 0 Å². The van der Waals surface area contributed by atoms with Crippen LogP contribution in [0.4, 0.5) is 13.2 Å². The molecular weight excluding hydrogens is 431 g/mol. The van der Waals surface area contributed by atoms with Crippen LogP contribution in [-0.2, 0) is 10.3 Å². The molecule has 4 rings (SSSR count). The number of hydrogen-bond donors (Lipinski definition) is 1. The molecule has 1 aliphatic carbocycles. The van der Waals surface area contributed by atoms with Crippen LogP contribution in [0.5, 0.6) is 5.75 Å².